The van der Waals surface area contributed by atoms with Crippen molar-refractivity contribution < 1.29 is 19.1 Å². The fourth-order valence-corrected chi connectivity index (χ4v) is 4.73. The normalized spacial score (nSPS) is 21.4. The Bertz CT molecular complexity index is 894. The van der Waals surface area contributed by atoms with E-state index < -0.39 is 17.4 Å². The van der Waals surface area contributed by atoms with Gasteiger partial charge in [0, 0.05) is 24.6 Å². The van der Waals surface area contributed by atoms with Gasteiger partial charge in [0.2, 0.25) is 11.8 Å². The second-order valence-corrected chi connectivity index (χ2v) is 9.60. The van der Waals surface area contributed by atoms with Crippen LogP contribution in [0.5, 0.6) is 5.75 Å². The van der Waals surface area contributed by atoms with E-state index in [9.17, 15) is 14.4 Å². The Kier molecular flexibility index (Phi) is 9.77. The van der Waals surface area contributed by atoms with Crippen LogP contribution in [0, 0.1) is 17.3 Å². The van der Waals surface area contributed by atoms with Crippen LogP contribution in [0.3, 0.4) is 0 Å². The van der Waals surface area contributed by atoms with E-state index in [1.54, 1.807) is 21.1 Å². The predicted octanol–water partition coefficient (Wildman–Crippen LogP) is 3.52. The van der Waals surface area contributed by atoms with Gasteiger partial charge in [-0.25, -0.2) is 0 Å². The fraction of sp³-hybridized carbons (Fsp3) is 0.500. The summed E-state index contributed by atoms with van der Waals surface area (Å²) in [5, 5.41) is 5.28. The quantitative estimate of drug-likeness (QED) is 0.430. The van der Waals surface area contributed by atoms with Gasteiger partial charge in [-0.15, -0.1) is 0 Å². The summed E-state index contributed by atoms with van der Waals surface area (Å²) in [4.78, 5) is 38.8. The van der Waals surface area contributed by atoms with Gasteiger partial charge in [-0.1, -0.05) is 50.3 Å². The first kappa shape index (κ1) is 26.7. The number of hydrogen-bond acceptors (Lipinski definition) is 5. The minimum atomic E-state index is -0.854. The summed E-state index contributed by atoms with van der Waals surface area (Å²) in [6, 6.07) is 6.68. The molecule has 0 radical (unpaired) electrons. The first-order valence-corrected chi connectivity index (χ1v) is 11.8. The van der Waals surface area contributed by atoms with Gasteiger partial charge in [0.1, 0.15) is 17.6 Å². The lowest BCUT2D eigenvalue weighted by Crippen LogP contribution is -2.50. The molecule has 0 spiro atoms. The smallest absolute Gasteiger partial charge is 0.242 e. The summed E-state index contributed by atoms with van der Waals surface area (Å²) in [5.74, 6) is 0.00711. The number of nitrogens with one attached hydrogen (secondary N) is 2. The number of benzene rings is 1. The second kappa shape index (κ2) is 12.1. The van der Waals surface area contributed by atoms with E-state index in [1.807, 2.05) is 62.4 Å². The van der Waals surface area contributed by atoms with E-state index in [4.69, 9.17) is 4.74 Å². The highest BCUT2D eigenvalue weighted by molar-refractivity contribution is 7.81. The summed E-state index contributed by atoms with van der Waals surface area (Å²) in [7, 11) is 3.15. The molecule has 7 heteroatoms. The molecule has 1 aliphatic rings. The van der Waals surface area contributed by atoms with Gasteiger partial charge in [0.25, 0.3) is 0 Å². The number of Topliss-reactive ketones (excluding diaryl/α,β-unsaturated/α-hetero) is 1. The molecule has 180 valence electrons. The Morgan fingerprint density at radius 3 is 2.30 bits per heavy atom. The molecule has 0 fully saturated rings. The Morgan fingerprint density at radius 1 is 1.12 bits per heavy atom. The Balaban J connectivity index is 2.25. The van der Waals surface area contributed by atoms with Gasteiger partial charge in [-0.2, -0.15) is 12.6 Å². The zero-order valence-electron chi connectivity index (χ0n) is 20.1. The summed E-state index contributed by atoms with van der Waals surface area (Å²) >= 11 is 4.65. The standard InChI is InChI=1S/C26H36N2O4S/c1-17(2)14-20(16-26(18(3)29)13-7-6-8-23(26)33)24(30)28-22(25(31)27-4)15-19-9-11-21(32-5)12-10-19/h6-13,17,20,22-23,33H,14-16H2,1-5H3,(H,27,31)(H,28,30)/t20?,22-,23?,26?/m0/s1. The number of amides is 2. The molecule has 0 aromatic heterocycles. The van der Waals surface area contributed by atoms with Crippen LogP contribution >= 0.6 is 12.6 Å². The van der Waals surface area contributed by atoms with Crippen LogP contribution in [-0.4, -0.2) is 43.0 Å². The fourth-order valence-electron chi connectivity index (χ4n) is 4.26. The minimum Gasteiger partial charge on any atom is -0.497 e. The van der Waals surface area contributed by atoms with Gasteiger partial charge in [0.05, 0.1) is 12.5 Å². The summed E-state index contributed by atoms with van der Waals surface area (Å²) in [6.07, 6.45) is 8.74. The van der Waals surface area contributed by atoms with Crippen molar-refractivity contribution >= 4 is 30.2 Å². The number of ketones is 1. The third-order valence-corrected chi connectivity index (χ3v) is 6.80. The van der Waals surface area contributed by atoms with E-state index in [-0.39, 0.29) is 28.8 Å². The van der Waals surface area contributed by atoms with Crippen molar-refractivity contribution in [2.45, 2.75) is 51.3 Å². The van der Waals surface area contributed by atoms with E-state index >= 15 is 0 Å². The predicted molar refractivity (Wildman–Crippen MR) is 134 cm³/mol. The van der Waals surface area contributed by atoms with Crippen LogP contribution < -0.4 is 15.4 Å². The van der Waals surface area contributed by atoms with Crippen LogP contribution in [-0.2, 0) is 20.8 Å². The monoisotopic (exact) mass is 472 g/mol. The number of ether oxygens (including phenoxy) is 1. The van der Waals surface area contributed by atoms with Crippen molar-refractivity contribution in [3.05, 3.63) is 54.1 Å². The Morgan fingerprint density at radius 2 is 1.79 bits per heavy atom. The zero-order valence-corrected chi connectivity index (χ0v) is 21.0. The number of carbonyl (C=O) groups is 3. The molecule has 0 bridgehead atoms. The van der Waals surface area contributed by atoms with Crippen molar-refractivity contribution in [1.82, 2.24) is 10.6 Å². The molecular weight excluding hydrogens is 436 g/mol. The lowest BCUT2D eigenvalue weighted by atomic mass is 9.70. The molecule has 2 amide bonds. The van der Waals surface area contributed by atoms with E-state index in [0.717, 1.165) is 11.3 Å². The lowest BCUT2D eigenvalue weighted by molar-refractivity contribution is -0.133. The Labute approximate surface area is 202 Å². The molecule has 33 heavy (non-hydrogen) atoms. The number of carbonyl (C=O) groups excluding carboxylic acids is 3. The SMILES string of the molecule is CNC(=O)[C@H](Cc1ccc(OC)cc1)NC(=O)C(CC(C)C)CC1(C(C)=O)C=CC=CC1S. The van der Waals surface area contributed by atoms with E-state index in [0.29, 0.717) is 19.3 Å². The summed E-state index contributed by atoms with van der Waals surface area (Å²) in [6.45, 7) is 5.64. The van der Waals surface area contributed by atoms with Gasteiger partial charge in [0.15, 0.2) is 0 Å². The van der Waals surface area contributed by atoms with E-state index in [2.05, 4.69) is 23.3 Å². The molecule has 0 saturated heterocycles. The van der Waals surface area contributed by atoms with Crippen molar-refractivity contribution in [3.63, 3.8) is 0 Å². The van der Waals surface area contributed by atoms with Crippen molar-refractivity contribution in [1.29, 1.82) is 0 Å². The topological polar surface area (TPSA) is 84.5 Å². The maximum atomic E-state index is 13.5. The molecule has 3 unspecified atom stereocenters. The van der Waals surface area contributed by atoms with Gasteiger partial charge >= 0.3 is 0 Å². The average molecular weight is 473 g/mol. The molecule has 0 aliphatic heterocycles. The highest BCUT2D eigenvalue weighted by Crippen LogP contribution is 2.40. The number of thiol groups is 1. The number of rotatable bonds is 11. The molecule has 2 N–H and O–H groups in total. The average Bonchev–Trinajstić information content (AvgIpc) is 2.79. The minimum absolute atomic E-state index is 0.0225. The molecule has 0 saturated carbocycles. The zero-order chi connectivity index (χ0) is 24.6. The van der Waals surface area contributed by atoms with Crippen molar-refractivity contribution in [2.24, 2.45) is 17.3 Å². The van der Waals surface area contributed by atoms with Crippen molar-refractivity contribution in [2.75, 3.05) is 14.2 Å². The number of methoxy groups -OCH3 is 1. The van der Waals surface area contributed by atoms with Crippen LogP contribution in [0.2, 0.25) is 0 Å². The molecule has 6 nitrogen and oxygen atoms in total. The molecule has 0 heterocycles. The maximum Gasteiger partial charge on any atom is 0.242 e. The largest absolute Gasteiger partial charge is 0.497 e. The van der Waals surface area contributed by atoms with Gasteiger partial charge in [-0.3, -0.25) is 14.4 Å². The third-order valence-electron chi connectivity index (χ3n) is 6.17. The lowest BCUT2D eigenvalue weighted by Gasteiger charge is -2.37. The van der Waals surface area contributed by atoms with E-state index in [1.165, 1.54) is 0 Å². The highest BCUT2D eigenvalue weighted by atomic mass is 32.1. The first-order valence-electron chi connectivity index (χ1n) is 11.3. The molecule has 2 rings (SSSR count). The van der Waals surface area contributed by atoms with Crippen LogP contribution in [0.1, 0.15) is 39.2 Å². The number of likely N-dealkylation sites (N-methyl/N-ethyl adjacent to an activating group) is 1. The first-order chi connectivity index (χ1) is 15.6. The summed E-state index contributed by atoms with van der Waals surface area (Å²) in [5.41, 5.74) is 0.0499. The van der Waals surface area contributed by atoms with Crippen LogP contribution in [0.15, 0.2) is 48.6 Å². The maximum absolute atomic E-state index is 13.5. The molecular formula is C26H36N2O4S. The number of allylic oxidation sites excluding steroid dienone is 3. The summed E-state index contributed by atoms with van der Waals surface area (Å²) < 4.78 is 5.19. The van der Waals surface area contributed by atoms with Crippen LogP contribution in [0.4, 0.5) is 0 Å². The highest BCUT2D eigenvalue weighted by Gasteiger charge is 2.43. The number of hydrogen-bond donors (Lipinski definition) is 3. The molecule has 4 atom stereocenters. The molecule has 1 aromatic carbocycles. The van der Waals surface area contributed by atoms with Gasteiger partial charge in [-0.05, 0) is 43.4 Å². The second-order valence-electron chi connectivity index (χ2n) is 9.04. The van der Waals surface area contributed by atoms with Gasteiger partial charge < -0.3 is 15.4 Å². The third kappa shape index (κ3) is 6.97. The van der Waals surface area contributed by atoms with Crippen LogP contribution in [0.25, 0.3) is 0 Å². The van der Waals surface area contributed by atoms with Crippen molar-refractivity contribution in [3.8, 4) is 5.75 Å². The Hall–Kier alpha value is -2.54. The molecule has 1 aliphatic carbocycles. The molecule has 1 aromatic rings.